The molecule has 0 atom stereocenters. The van der Waals surface area contributed by atoms with Gasteiger partial charge in [0.15, 0.2) is 0 Å². The van der Waals surface area contributed by atoms with Gasteiger partial charge >= 0.3 is 0 Å². The smallest absolute Gasteiger partial charge is 0.266 e. The topological polar surface area (TPSA) is 88.5 Å². The Morgan fingerprint density at radius 2 is 2.10 bits per heavy atom. The van der Waals surface area contributed by atoms with Crippen molar-refractivity contribution in [3.05, 3.63) is 48.2 Å². The fraction of sp³-hybridized carbons (Fsp3) is 0.154. The number of rotatable bonds is 5. The number of aliphatic hydroxyl groups excluding tert-OH is 1. The van der Waals surface area contributed by atoms with Crippen LogP contribution in [0.15, 0.2) is 47.5 Å². The van der Waals surface area contributed by atoms with Crippen LogP contribution in [0.3, 0.4) is 0 Å². The Morgan fingerprint density at radius 1 is 1.30 bits per heavy atom. The summed E-state index contributed by atoms with van der Waals surface area (Å²) in [7, 11) is -2.43. The van der Waals surface area contributed by atoms with Crippen molar-refractivity contribution < 1.29 is 18.3 Å². The third-order valence-corrected chi connectivity index (χ3v) is 4.00. The summed E-state index contributed by atoms with van der Waals surface area (Å²) in [4.78, 5) is 3.90. The van der Waals surface area contributed by atoms with Crippen molar-refractivity contribution in [2.24, 2.45) is 0 Å². The highest BCUT2D eigenvalue weighted by molar-refractivity contribution is 7.92. The average Bonchev–Trinajstić information content (AvgIpc) is 2.47. The van der Waals surface area contributed by atoms with E-state index in [4.69, 9.17) is 9.84 Å². The zero-order valence-corrected chi connectivity index (χ0v) is 11.6. The van der Waals surface area contributed by atoms with Crippen LogP contribution in [-0.2, 0) is 16.6 Å². The number of sulfonamides is 1. The molecule has 0 aliphatic rings. The number of methoxy groups -OCH3 is 1. The Morgan fingerprint density at radius 3 is 2.70 bits per heavy atom. The highest BCUT2D eigenvalue weighted by atomic mass is 32.2. The molecule has 2 rings (SSSR count). The molecular weight excluding hydrogens is 280 g/mol. The second-order valence-corrected chi connectivity index (χ2v) is 5.61. The first kappa shape index (κ1) is 14.3. The van der Waals surface area contributed by atoms with Crippen LogP contribution in [0.25, 0.3) is 0 Å². The van der Waals surface area contributed by atoms with Gasteiger partial charge in [-0.3, -0.25) is 4.72 Å². The van der Waals surface area contributed by atoms with E-state index in [1.165, 1.54) is 31.5 Å². The Labute approximate surface area is 117 Å². The number of aliphatic hydroxyl groups is 1. The maximum Gasteiger partial charge on any atom is 0.266 e. The summed E-state index contributed by atoms with van der Waals surface area (Å²) in [6, 6.07) is 9.30. The van der Waals surface area contributed by atoms with Gasteiger partial charge in [-0.25, -0.2) is 13.4 Å². The van der Waals surface area contributed by atoms with Gasteiger partial charge in [0.1, 0.15) is 16.5 Å². The quantitative estimate of drug-likeness (QED) is 0.869. The van der Waals surface area contributed by atoms with E-state index in [0.29, 0.717) is 5.56 Å². The summed E-state index contributed by atoms with van der Waals surface area (Å²) >= 11 is 0. The number of nitrogens with one attached hydrogen (secondary N) is 1. The molecule has 20 heavy (non-hydrogen) atoms. The largest absolute Gasteiger partial charge is 0.495 e. The van der Waals surface area contributed by atoms with Gasteiger partial charge in [-0.2, -0.15) is 0 Å². The molecule has 0 bridgehead atoms. The van der Waals surface area contributed by atoms with Crippen LogP contribution < -0.4 is 9.46 Å². The number of aromatic nitrogens is 1. The zero-order valence-electron chi connectivity index (χ0n) is 10.8. The van der Waals surface area contributed by atoms with Crippen molar-refractivity contribution >= 4 is 15.8 Å². The van der Waals surface area contributed by atoms with E-state index in [-0.39, 0.29) is 23.1 Å². The lowest BCUT2D eigenvalue weighted by Gasteiger charge is -2.11. The monoisotopic (exact) mass is 294 g/mol. The molecule has 2 aromatic rings. The Balaban J connectivity index is 2.39. The van der Waals surface area contributed by atoms with Gasteiger partial charge in [0, 0.05) is 6.20 Å². The molecule has 0 fully saturated rings. The Bertz CT molecular complexity index is 687. The summed E-state index contributed by atoms with van der Waals surface area (Å²) in [5, 5.41) is 9.06. The first-order valence-electron chi connectivity index (χ1n) is 5.78. The summed E-state index contributed by atoms with van der Waals surface area (Å²) in [6.45, 7) is -0.190. The van der Waals surface area contributed by atoms with Crippen molar-refractivity contribution in [2.75, 3.05) is 11.8 Å². The van der Waals surface area contributed by atoms with Crippen molar-refractivity contribution in [1.29, 1.82) is 0 Å². The number of pyridine rings is 1. The predicted octanol–water partition coefficient (Wildman–Crippen LogP) is 1.38. The molecule has 0 radical (unpaired) electrons. The molecular formula is C13H14N2O4S. The van der Waals surface area contributed by atoms with Crippen molar-refractivity contribution in [3.63, 3.8) is 0 Å². The minimum atomic E-state index is -3.80. The number of nitrogens with zero attached hydrogens (tertiary/aromatic N) is 1. The minimum absolute atomic E-state index is 0.0112. The summed E-state index contributed by atoms with van der Waals surface area (Å²) in [6.07, 6.45) is 1.49. The third-order valence-electron chi connectivity index (χ3n) is 2.60. The standard InChI is InChI=1S/C13H14N2O4S/c1-19-11-8-10(9-16)5-6-12(11)20(17,18)15-13-4-2-3-7-14-13/h2-8,16H,9H2,1H3,(H,14,15). The number of ether oxygens (including phenoxy) is 1. The molecule has 1 aromatic carbocycles. The van der Waals surface area contributed by atoms with E-state index in [1.54, 1.807) is 18.2 Å². The lowest BCUT2D eigenvalue weighted by Crippen LogP contribution is -2.15. The van der Waals surface area contributed by atoms with Crippen molar-refractivity contribution in [3.8, 4) is 5.75 Å². The molecule has 0 aliphatic heterocycles. The molecule has 7 heteroatoms. The highest BCUT2D eigenvalue weighted by Gasteiger charge is 2.20. The maximum atomic E-state index is 12.3. The first-order valence-corrected chi connectivity index (χ1v) is 7.27. The second-order valence-electron chi connectivity index (χ2n) is 3.96. The third kappa shape index (κ3) is 3.06. The number of benzene rings is 1. The molecule has 6 nitrogen and oxygen atoms in total. The summed E-state index contributed by atoms with van der Waals surface area (Å²) < 4.78 is 32.0. The van der Waals surface area contributed by atoms with Crippen LogP contribution in [0.1, 0.15) is 5.56 Å². The fourth-order valence-corrected chi connectivity index (χ4v) is 2.81. The minimum Gasteiger partial charge on any atom is -0.495 e. The first-order chi connectivity index (χ1) is 9.56. The molecule has 0 saturated carbocycles. The number of anilines is 1. The van der Waals surface area contributed by atoms with E-state index in [0.717, 1.165) is 0 Å². The van der Waals surface area contributed by atoms with E-state index >= 15 is 0 Å². The average molecular weight is 294 g/mol. The molecule has 0 aliphatic carbocycles. The van der Waals surface area contributed by atoms with Gasteiger partial charge < -0.3 is 9.84 Å². The molecule has 0 amide bonds. The van der Waals surface area contributed by atoms with Crippen LogP contribution in [0.5, 0.6) is 5.75 Å². The van der Waals surface area contributed by atoms with Crippen LogP contribution in [0.2, 0.25) is 0 Å². The lowest BCUT2D eigenvalue weighted by molar-refractivity contribution is 0.280. The normalized spacial score (nSPS) is 11.1. The molecule has 0 spiro atoms. The Kier molecular flexibility index (Phi) is 4.21. The SMILES string of the molecule is COc1cc(CO)ccc1S(=O)(=O)Nc1ccccn1. The Hall–Kier alpha value is -2.12. The van der Waals surface area contributed by atoms with Crippen LogP contribution in [0, 0.1) is 0 Å². The van der Waals surface area contributed by atoms with Gasteiger partial charge in [-0.05, 0) is 29.8 Å². The van der Waals surface area contributed by atoms with E-state index in [2.05, 4.69) is 9.71 Å². The van der Waals surface area contributed by atoms with Crippen LogP contribution in [0.4, 0.5) is 5.82 Å². The molecule has 0 saturated heterocycles. The van der Waals surface area contributed by atoms with Crippen LogP contribution >= 0.6 is 0 Å². The van der Waals surface area contributed by atoms with Gasteiger partial charge in [-0.1, -0.05) is 12.1 Å². The van der Waals surface area contributed by atoms with Gasteiger partial charge in [-0.15, -0.1) is 0 Å². The number of hydrogen-bond acceptors (Lipinski definition) is 5. The zero-order chi connectivity index (χ0) is 14.6. The fourth-order valence-electron chi connectivity index (χ4n) is 1.65. The molecule has 0 unspecified atom stereocenters. The molecule has 2 N–H and O–H groups in total. The van der Waals surface area contributed by atoms with E-state index in [1.807, 2.05) is 0 Å². The lowest BCUT2D eigenvalue weighted by atomic mass is 10.2. The van der Waals surface area contributed by atoms with Crippen LogP contribution in [-0.4, -0.2) is 25.6 Å². The summed E-state index contributed by atoms with van der Waals surface area (Å²) in [5.41, 5.74) is 0.568. The van der Waals surface area contributed by atoms with Crippen molar-refractivity contribution in [2.45, 2.75) is 11.5 Å². The predicted molar refractivity (Wildman–Crippen MR) is 74.0 cm³/mol. The maximum absolute atomic E-state index is 12.3. The molecule has 106 valence electrons. The highest BCUT2D eigenvalue weighted by Crippen LogP contribution is 2.26. The molecule has 1 aromatic heterocycles. The van der Waals surface area contributed by atoms with Gasteiger partial charge in [0.2, 0.25) is 0 Å². The number of hydrogen-bond donors (Lipinski definition) is 2. The van der Waals surface area contributed by atoms with Crippen molar-refractivity contribution in [1.82, 2.24) is 4.98 Å². The van der Waals surface area contributed by atoms with E-state index < -0.39 is 10.0 Å². The van der Waals surface area contributed by atoms with Gasteiger partial charge in [0.05, 0.1) is 13.7 Å². The van der Waals surface area contributed by atoms with E-state index in [9.17, 15) is 8.42 Å². The van der Waals surface area contributed by atoms with Gasteiger partial charge in [0.25, 0.3) is 10.0 Å². The molecule has 1 heterocycles. The second kappa shape index (κ2) is 5.89. The summed E-state index contributed by atoms with van der Waals surface area (Å²) in [5.74, 6) is 0.390.